The number of anilines is 2. The molecule has 1 aromatic carbocycles. The second kappa shape index (κ2) is 8.06. The topological polar surface area (TPSA) is 102 Å². The van der Waals surface area contributed by atoms with Gasteiger partial charge in [0.25, 0.3) is 11.9 Å². The van der Waals surface area contributed by atoms with Crippen molar-refractivity contribution in [1.82, 2.24) is 30.2 Å². The van der Waals surface area contributed by atoms with E-state index in [2.05, 4.69) is 35.6 Å². The number of carbonyl (C=O) groups is 1. The number of aryl methyl sites for hydroxylation is 1. The Labute approximate surface area is 182 Å². The Morgan fingerprint density at radius 1 is 1.19 bits per heavy atom. The molecular weight excluding hydrogens is 418 g/mol. The van der Waals surface area contributed by atoms with Gasteiger partial charge in [0.1, 0.15) is 0 Å². The quantitative estimate of drug-likeness (QED) is 0.653. The molecule has 9 nitrogen and oxygen atoms in total. The Bertz CT molecular complexity index is 1200. The van der Waals surface area contributed by atoms with Gasteiger partial charge in [0.05, 0.1) is 30.7 Å². The third-order valence-corrected chi connectivity index (χ3v) is 5.64. The first kappa shape index (κ1) is 20.2. The zero-order valence-electron chi connectivity index (χ0n) is 17.3. The number of nitrogens with zero attached hydrogens (tertiary/aromatic N) is 7. The van der Waals surface area contributed by atoms with Crippen LogP contribution in [-0.2, 0) is 7.05 Å². The Morgan fingerprint density at radius 2 is 2.03 bits per heavy atom. The summed E-state index contributed by atoms with van der Waals surface area (Å²) in [7, 11) is 1.72. The lowest BCUT2D eigenvalue weighted by molar-refractivity contribution is 0.102. The molecule has 1 amide bonds. The van der Waals surface area contributed by atoms with Crippen LogP contribution in [0.3, 0.4) is 0 Å². The smallest absolute Gasteiger partial charge is 0.266 e. The third kappa shape index (κ3) is 3.93. The first-order chi connectivity index (χ1) is 15.5. The van der Waals surface area contributed by atoms with E-state index in [0.29, 0.717) is 24.1 Å². The molecule has 0 atom stereocenters. The van der Waals surface area contributed by atoms with Gasteiger partial charge in [-0.3, -0.25) is 9.78 Å². The minimum absolute atomic E-state index is 0.152. The molecule has 3 aromatic rings. The standard InChI is InChI=1S/C21H20F2N8O/c1-30-28-21(27-29-30)31-8-7-13(12-5-6-12)15(11-31)17-9-25-18(10-24-17)26-20(32)14-3-2-4-16(22)19(14)23/h2-4,9-10,12H,5-8,11H2,1H3,(H,25,26,32). The maximum Gasteiger partial charge on any atom is 0.266 e. The summed E-state index contributed by atoms with van der Waals surface area (Å²) in [6, 6.07) is 3.43. The number of carbonyl (C=O) groups excluding carboxylic acids is 1. The number of halogens is 2. The second-order valence-electron chi connectivity index (χ2n) is 7.87. The van der Waals surface area contributed by atoms with Crippen LogP contribution in [0.25, 0.3) is 5.57 Å². The summed E-state index contributed by atoms with van der Waals surface area (Å²) < 4.78 is 27.3. The second-order valence-corrected chi connectivity index (χ2v) is 7.87. The fourth-order valence-electron chi connectivity index (χ4n) is 3.89. The number of rotatable bonds is 5. The van der Waals surface area contributed by atoms with E-state index in [1.165, 1.54) is 41.5 Å². The number of hydrogen-bond donors (Lipinski definition) is 1. The van der Waals surface area contributed by atoms with Crippen LogP contribution in [0.1, 0.15) is 35.3 Å². The van der Waals surface area contributed by atoms with Crippen LogP contribution in [0.2, 0.25) is 0 Å². The van der Waals surface area contributed by atoms with E-state index in [-0.39, 0.29) is 5.82 Å². The maximum atomic E-state index is 13.9. The van der Waals surface area contributed by atoms with Crippen LogP contribution >= 0.6 is 0 Å². The van der Waals surface area contributed by atoms with E-state index in [1.807, 2.05) is 0 Å². The van der Waals surface area contributed by atoms with Crippen molar-refractivity contribution in [2.24, 2.45) is 13.0 Å². The van der Waals surface area contributed by atoms with Crippen molar-refractivity contribution in [1.29, 1.82) is 0 Å². The van der Waals surface area contributed by atoms with Crippen LogP contribution in [0.4, 0.5) is 20.5 Å². The van der Waals surface area contributed by atoms with Crippen LogP contribution in [-0.4, -0.2) is 49.2 Å². The van der Waals surface area contributed by atoms with Crippen molar-refractivity contribution in [3.8, 4) is 0 Å². The molecule has 1 N–H and O–H groups in total. The van der Waals surface area contributed by atoms with E-state index in [1.54, 1.807) is 13.2 Å². The zero-order valence-corrected chi connectivity index (χ0v) is 17.3. The molecule has 3 heterocycles. The Morgan fingerprint density at radius 3 is 2.72 bits per heavy atom. The third-order valence-electron chi connectivity index (χ3n) is 5.64. The van der Waals surface area contributed by atoms with Crippen molar-refractivity contribution in [3.63, 3.8) is 0 Å². The first-order valence-corrected chi connectivity index (χ1v) is 10.3. The zero-order chi connectivity index (χ0) is 22.2. The number of nitrogens with one attached hydrogen (secondary N) is 1. The van der Waals surface area contributed by atoms with Crippen molar-refractivity contribution in [2.75, 3.05) is 23.3 Å². The number of aromatic nitrogens is 6. The summed E-state index contributed by atoms with van der Waals surface area (Å²) in [6.07, 6.45) is 6.23. The van der Waals surface area contributed by atoms with Gasteiger partial charge in [0.15, 0.2) is 17.5 Å². The molecule has 5 rings (SSSR count). The predicted molar refractivity (Wildman–Crippen MR) is 112 cm³/mol. The molecule has 2 aliphatic rings. The number of tetrazole rings is 1. The maximum absolute atomic E-state index is 13.9. The van der Waals surface area contributed by atoms with Gasteiger partial charge in [-0.05, 0) is 48.1 Å². The Hall–Kier alpha value is -3.76. The number of amides is 1. The largest absolute Gasteiger partial charge is 0.333 e. The van der Waals surface area contributed by atoms with Crippen LogP contribution in [0.5, 0.6) is 0 Å². The summed E-state index contributed by atoms with van der Waals surface area (Å²) >= 11 is 0. The molecule has 1 saturated carbocycles. The van der Waals surface area contributed by atoms with Crippen molar-refractivity contribution in [3.05, 3.63) is 59.1 Å². The van der Waals surface area contributed by atoms with Crippen LogP contribution in [0, 0.1) is 17.6 Å². The average Bonchev–Trinajstić information content (AvgIpc) is 3.55. The fraction of sp³-hybridized carbons (Fsp3) is 0.333. The van der Waals surface area contributed by atoms with E-state index in [4.69, 9.17) is 0 Å². The molecule has 2 aromatic heterocycles. The highest BCUT2D eigenvalue weighted by atomic mass is 19.2. The number of hydrogen-bond acceptors (Lipinski definition) is 7. The predicted octanol–water partition coefficient (Wildman–Crippen LogP) is 2.60. The summed E-state index contributed by atoms with van der Waals surface area (Å²) in [5, 5.41) is 14.8. The van der Waals surface area contributed by atoms with Gasteiger partial charge in [-0.1, -0.05) is 16.7 Å². The highest BCUT2D eigenvalue weighted by Crippen LogP contribution is 2.43. The average molecular weight is 438 g/mol. The summed E-state index contributed by atoms with van der Waals surface area (Å²) in [4.78, 5) is 24.5. The monoisotopic (exact) mass is 438 g/mol. The Balaban J connectivity index is 1.37. The molecule has 1 aliphatic carbocycles. The summed E-state index contributed by atoms with van der Waals surface area (Å²) in [6.45, 7) is 1.40. The van der Waals surface area contributed by atoms with E-state index in [9.17, 15) is 13.6 Å². The lowest BCUT2D eigenvalue weighted by Gasteiger charge is -2.29. The number of benzene rings is 1. The van der Waals surface area contributed by atoms with Crippen molar-refractivity contribution in [2.45, 2.75) is 19.3 Å². The minimum atomic E-state index is -1.20. The van der Waals surface area contributed by atoms with Gasteiger partial charge in [0.2, 0.25) is 0 Å². The molecule has 11 heteroatoms. The lowest BCUT2D eigenvalue weighted by atomic mass is 9.94. The fourth-order valence-corrected chi connectivity index (χ4v) is 3.89. The molecule has 0 radical (unpaired) electrons. The van der Waals surface area contributed by atoms with Crippen LogP contribution in [0.15, 0.2) is 36.2 Å². The Kier molecular flexibility index (Phi) is 5.08. The molecule has 0 spiro atoms. The molecule has 1 aliphatic heterocycles. The molecular formula is C21H20F2N8O. The van der Waals surface area contributed by atoms with Crippen molar-refractivity contribution >= 4 is 23.2 Å². The summed E-state index contributed by atoms with van der Waals surface area (Å²) in [5.74, 6) is -1.79. The van der Waals surface area contributed by atoms with Crippen molar-refractivity contribution < 1.29 is 13.6 Å². The van der Waals surface area contributed by atoms with Crippen LogP contribution < -0.4 is 10.2 Å². The molecule has 1 fully saturated rings. The van der Waals surface area contributed by atoms with Gasteiger partial charge in [0, 0.05) is 13.1 Å². The summed E-state index contributed by atoms with van der Waals surface area (Å²) in [5.41, 5.74) is 2.76. The lowest BCUT2D eigenvalue weighted by Crippen LogP contribution is -2.33. The molecule has 0 saturated heterocycles. The SMILES string of the molecule is Cn1nnc(N2CCC(C3CC3)=C(c3cnc(NC(=O)c4cccc(F)c4F)cn3)C2)n1. The first-order valence-electron chi connectivity index (χ1n) is 10.3. The highest BCUT2D eigenvalue weighted by molar-refractivity contribution is 6.03. The van der Waals surface area contributed by atoms with E-state index < -0.39 is 23.1 Å². The van der Waals surface area contributed by atoms with Gasteiger partial charge in [-0.2, -0.15) is 4.80 Å². The van der Waals surface area contributed by atoms with E-state index in [0.717, 1.165) is 24.6 Å². The highest BCUT2D eigenvalue weighted by Gasteiger charge is 2.33. The molecule has 164 valence electrons. The molecule has 0 bridgehead atoms. The van der Waals surface area contributed by atoms with Gasteiger partial charge < -0.3 is 10.2 Å². The molecule has 0 unspecified atom stereocenters. The van der Waals surface area contributed by atoms with Gasteiger partial charge in [-0.25, -0.2) is 13.8 Å². The van der Waals surface area contributed by atoms with Gasteiger partial charge >= 0.3 is 0 Å². The van der Waals surface area contributed by atoms with E-state index >= 15 is 0 Å². The molecule has 32 heavy (non-hydrogen) atoms. The minimum Gasteiger partial charge on any atom is -0.333 e. The van der Waals surface area contributed by atoms with Gasteiger partial charge in [-0.15, -0.1) is 5.10 Å². The normalized spacial score (nSPS) is 16.4.